The maximum Gasteiger partial charge on any atom is 0.506 e. The number of benzene rings is 2. The maximum atomic E-state index is 10.8. The van der Waals surface area contributed by atoms with E-state index in [0.29, 0.717) is 0 Å². The van der Waals surface area contributed by atoms with E-state index in [1.807, 2.05) is 48.5 Å². The van der Waals surface area contributed by atoms with Gasteiger partial charge in [0.05, 0.1) is 0 Å². The quantitative estimate of drug-likeness (QED) is 0.757. The summed E-state index contributed by atoms with van der Waals surface area (Å²) in [7, 11) is 0. The third kappa shape index (κ3) is 1.47. The molecular weight excluding hydrogens is 216 g/mol. The van der Waals surface area contributed by atoms with Crippen LogP contribution in [0.1, 0.15) is 17.2 Å². The van der Waals surface area contributed by atoms with E-state index < -0.39 is 12.3 Å². The molecule has 3 nitrogen and oxygen atoms in total. The predicted molar refractivity (Wildman–Crippen MR) is 62.8 cm³/mol. The van der Waals surface area contributed by atoms with E-state index in [4.69, 9.17) is 9.84 Å². The lowest BCUT2D eigenvalue weighted by Crippen LogP contribution is -2.07. The van der Waals surface area contributed by atoms with Crippen LogP contribution in [0.4, 0.5) is 4.79 Å². The topological polar surface area (TPSA) is 46.5 Å². The highest BCUT2D eigenvalue weighted by molar-refractivity contribution is 5.79. The van der Waals surface area contributed by atoms with Crippen LogP contribution >= 0.6 is 0 Å². The first-order valence-electron chi connectivity index (χ1n) is 5.35. The molecule has 0 spiro atoms. The summed E-state index contributed by atoms with van der Waals surface area (Å²) in [5, 5.41) is 8.80. The van der Waals surface area contributed by atoms with Gasteiger partial charge in [0.15, 0.2) is 6.10 Å². The highest BCUT2D eigenvalue weighted by atomic mass is 16.7. The largest absolute Gasteiger partial charge is 0.506 e. The average Bonchev–Trinajstić information content (AvgIpc) is 2.65. The molecule has 84 valence electrons. The van der Waals surface area contributed by atoms with Crippen molar-refractivity contribution < 1.29 is 14.6 Å². The minimum atomic E-state index is -1.25. The second-order valence-corrected chi connectivity index (χ2v) is 3.94. The Bertz CT molecular complexity index is 544. The third-order valence-corrected chi connectivity index (χ3v) is 3.00. The van der Waals surface area contributed by atoms with Crippen LogP contribution in [0, 0.1) is 0 Å². The maximum absolute atomic E-state index is 10.8. The van der Waals surface area contributed by atoms with Crippen molar-refractivity contribution in [1.82, 2.24) is 0 Å². The zero-order valence-corrected chi connectivity index (χ0v) is 8.96. The SMILES string of the molecule is O=C(O)OC1c2ccccc2-c2ccccc21. The zero-order valence-electron chi connectivity index (χ0n) is 8.96. The van der Waals surface area contributed by atoms with E-state index in [-0.39, 0.29) is 0 Å². The van der Waals surface area contributed by atoms with Gasteiger partial charge in [-0.2, -0.15) is 0 Å². The lowest BCUT2D eigenvalue weighted by atomic mass is 10.1. The molecule has 17 heavy (non-hydrogen) atoms. The van der Waals surface area contributed by atoms with Gasteiger partial charge in [0, 0.05) is 11.1 Å². The highest BCUT2D eigenvalue weighted by Gasteiger charge is 2.30. The monoisotopic (exact) mass is 226 g/mol. The van der Waals surface area contributed by atoms with Crippen LogP contribution in [0.2, 0.25) is 0 Å². The molecule has 0 amide bonds. The summed E-state index contributed by atoms with van der Waals surface area (Å²) in [5.74, 6) is 0. The van der Waals surface area contributed by atoms with Crippen molar-refractivity contribution in [2.24, 2.45) is 0 Å². The molecule has 0 saturated heterocycles. The number of carbonyl (C=O) groups is 1. The molecule has 0 unspecified atom stereocenters. The number of ether oxygens (including phenoxy) is 1. The Balaban J connectivity index is 2.20. The minimum Gasteiger partial charge on any atom is -0.450 e. The van der Waals surface area contributed by atoms with Gasteiger partial charge in [-0.15, -0.1) is 0 Å². The first-order chi connectivity index (χ1) is 8.27. The van der Waals surface area contributed by atoms with Crippen molar-refractivity contribution in [3.63, 3.8) is 0 Å². The van der Waals surface area contributed by atoms with Crippen LogP contribution in [0.25, 0.3) is 11.1 Å². The molecule has 2 aromatic carbocycles. The van der Waals surface area contributed by atoms with Gasteiger partial charge in [-0.05, 0) is 11.1 Å². The Labute approximate surface area is 98.3 Å². The molecule has 0 aromatic heterocycles. The number of hydrogen-bond donors (Lipinski definition) is 1. The van der Waals surface area contributed by atoms with Crippen LogP contribution < -0.4 is 0 Å². The fourth-order valence-electron chi connectivity index (χ4n) is 2.34. The summed E-state index contributed by atoms with van der Waals surface area (Å²) in [6.07, 6.45) is -1.75. The van der Waals surface area contributed by atoms with Gasteiger partial charge in [0.2, 0.25) is 0 Å². The molecule has 3 rings (SSSR count). The molecule has 2 aromatic rings. The van der Waals surface area contributed by atoms with E-state index in [1.54, 1.807) is 0 Å². The van der Waals surface area contributed by atoms with Crippen LogP contribution in [0.3, 0.4) is 0 Å². The molecule has 0 saturated carbocycles. The Kier molecular flexibility index (Phi) is 2.11. The molecule has 1 aliphatic rings. The summed E-state index contributed by atoms with van der Waals surface area (Å²) in [4.78, 5) is 10.8. The number of fused-ring (bicyclic) bond motifs is 3. The van der Waals surface area contributed by atoms with Gasteiger partial charge < -0.3 is 9.84 Å². The van der Waals surface area contributed by atoms with Crippen molar-refractivity contribution in [2.75, 3.05) is 0 Å². The number of hydrogen-bond acceptors (Lipinski definition) is 2. The van der Waals surface area contributed by atoms with Crippen molar-refractivity contribution in [3.05, 3.63) is 59.7 Å². The normalized spacial score (nSPS) is 12.9. The van der Waals surface area contributed by atoms with E-state index >= 15 is 0 Å². The van der Waals surface area contributed by atoms with Gasteiger partial charge in [-0.3, -0.25) is 0 Å². The van der Waals surface area contributed by atoms with Crippen molar-refractivity contribution in [1.29, 1.82) is 0 Å². The first-order valence-corrected chi connectivity index (χ1v) is 5.35. The Morgan fingerprint density at radius 1 is 0.941 bits per heavy atom. The van der Waals surface area contributed by atoms with E-state index in [0.717, 1.165) is 22.3 Å². The smallest absolute Gasteiger partial charge is 0.450 e. The van der Waals surface area contributed by atoms with Crippen LogP contribution in [0.15, 0.2) is 48.5 Å². The Morgan fingerprint density at radius 2 is 1.41 bits per heavy atom. The summed E-state index contributed by atoms with van der Waals surface area (Å²) < 4.78 is 4.98. The minimum absolute atomic E-state index is 0.500. The molecule has 0 radical (unpaired) electrons. The summed E-state index contributed by atoms with van der Waals surface area (Å²) in [5.41, 5.74) is 3.93. The lowest BCUT2D eigenvalue weighted by Gasteiger charge is -2.11. The fraction of sp³-hybridized carbons (Fsp3) is 0.0714. The molecule has 0 aliphatic heterocycles. The van der Waals surface area contributed by atoms with Gasteiger partial charge in [-0.1, -0.05) is 48.5 Å². The Hall–Kier alpha value is -2.29. The van der Waals surface area contributed by atoms with Crippen LogP contribution in [-0.2, 0) is 4.74 Å². The third-order valence-electron chi connectivity index (χ3n) is 3.00. The van der Waals surface area contributed by atoms with Crippen LogP contribution in [0.5, 0.6) is 0 Å². The predicted octanol–water partition coefficient (Wildman–Crippen LogP) is 3.45. The highest BCUT2D eigenvalue weighted by Crippen LogP contribution is 2.44. The van der Waals surface area contributed by atoms with Gasteiger partial charge in [-0.25, -0.2) is 4.79 Å². The molecule has 3 heteroatoms. The van der Waals surface area contributed by atoms with Gasteiger partial charge >= 0.3 is 6.16 Å². The number of rotatable bonds is 1. The van der Waals surface area contributed by atoms with Crippen molar-refractivity contribution >= 4 is 6.16 Å². The van der Waals surface area contributed by atoms with Gasteiger partial charge in [0.25, 0.3) is 0 Å². The van der Waals surface area contributed by atoms with E-state index in [9.17, 15) is 4.79 Å². The molecule has 1 aliphatic carbocycles. The summed E-state index contributed by atoms with van der Waals surface area (Å²) in [6.45, 7) is 0. The van der Waals surface area contributed by atoms with E-state index in [2.05, 4.69) is 0 Å². The fourth-order valence-corrected chi connectivity index (χ4v) is 2.34. The molecule has 0 bridgehead atoms. The molecule has 0 fully saturated rings. The van der Waals surface area contributed by atoms with Crippen molar-refractivity contribution in [3.8, 4) is 11.1 Å². The van der Waals surface area contributed by atoms with Crippen LogP contribution in [-0.4, -0.2) is 11.3 Å². The second kappa shape index (κ2) is 3.63. The summed E-state index contributed by atoms with van der Waals surface area (Å²) in [6, 6.07) is 15.5. The molecule has 1 N–H and O–H groups in total. The molecular formula is C14H10O3. The lowest BCUT2D eigenvalue weighted by molar-refractivity contribution is 0.0678. The Morgan fingerprint density at radius 3 is 1.88 bits per heavy atom. The molecule has 0 atom stereocenters. The summed E-state index contributed by atoms with van der Waals surface area (Å²) >= 11 is 0. The average molecular weight is 226 g/mol. The molecule has 0 heterocycles. The number of carboxylic acid groups (broad SMARTS) is 1. The van der Waals surface area contributed by atoms with E-state index in [1.165, 1.54) is 0 Å². The standard InChI is InChI=1S/C14H10O3/c15-14(16)17-13-11-7-3-1-5-9(11)10-6-2-4-8-12(10)13/h1-8,13H,(H,15,16). The second-order valence-electron chi connectivity index (χ2n) is 3.94. The van der Waals surface area contributed by atoms with Gasteiger partial charge in [0.1, 0.15) is 0 Å². The van der Waals surface area contributed by atoms with Crippen molar-refractivity contribution in [2.45, 2.75) is 6.10 Å². The zero-order chi connectivity index (χ0) is 11.8. The first kappa shape index (κ1) is 9.90.